The van der Waals surface area contributed by atoms with Crippen molar-refractivity contribution in [2.24, 2.45) is 0 Å². The van der Waals surface area contributed by atoms with Gasteiger partial charge < -0.3 is 5.32 Å². The highest BCUT2D eigenvalue weighted by Gasteiger charge is 2.17. The first kappa shape index (κ1) is 18.8. The van der Waals surface area contributed by atoms with Gasteiger partial charge in [-0.1, -0.05) is 0 Å². The van der Waals surface area contributed by atoms with Crippen LogP contribution in [0.3, 0.4) is 0 Å². The van der Waals surface area contributed by atoms with E-state index in [9.17, 15) is 14.0 Å². The lowest BCUT2D eigenvalue weighted by Gasteiger charge is -2.11. The lowest BCUT2D eigenvalue weighted by Crippen LogP contribution is -2.33. The van der Waals surface area contributed by atoms with Gasteiger partial charge in [0.2, 0.25) is 5.43 Å². The molecule has 2 aromatic heterocycles. The summed E-state index contributed by atoms with van der Waals surface area (Å²) in [6.45, 7) is 7.25. The Kier molecular flexibility index (Phi) is 5.34. The lowest BCUT2D eigenvalue weighted by molar-refractivity contribution is 0.0944. The Morgan fingerprint density at radius 3 is 2.63 bits per heavy atom. The quantitative estimate of drug-likeness (QED) is 0.674. The van der Waals surface area contributed by atoms with Crippen molar-refractivity contribution in [3.63, 3.8) is 0 Å². The number of hydrogen-bond donors (Lipinski definition) is 1. The van der Waals surface area contributed by atoms with E-state index in [1.165, 1.54) is 16.8 Å². The number of hydrogen-bond acceptors (Lipinski definition) is 4. The number of nitrogens with zero attached hydrogens (tertiary/aromatic N) is 4. The minimum Gasteiger partial charge on any atom is -0.350 e. The molecule has 0 atom stereocenters. The first-order chi connectivity index (χ1) is 12.9. The average molecular weight is 371 g/mol. The number of nitrogens with one attached hydrogen (secondary N) is 1. The van der Waals surface area contributed by atoms with Crippen molar-refractivity contribution in [3.05, 3.63) is 57.4 Å². The Labute approximate surface area is 155 Å². The number of halogens is 1. The van der Waals surface area contributed by atoms with E-state index in [0.717, 1.165) is 17.5 Å². The maximum atomic E-state index is 13.6. The second-order valence-corrected chi connectivity index (χ2v) is 6.41. The first-order valence-electron chi connectivity index (χ1n) is 8.90. The van der Waals surface area contributed by atoms with Gasteiger partial charge >= 0.3 is 0 Å². The highest BCUT2D eigenvalue weighted by Crippen LogP contribution is 2.12. The van der Waals surface area contributed by atoms with Crippen LogP contribution in [-0.4, -0.2) is 32.0 Å². The summed E-state index contributed by atoms with van der Waals surface area (Å²) >= 11 is 0. The maximum absolute atomic E-state index is 13.6. The van der Waals surface area contributed by atoms with Gasteiger partial charge in [0.25, 0.3) is 5.91 Å². The molecule has 7 nitrogen and oxygen atoms in total. The maximum Gasteiger partial charge on any atom is 0.275 e. The van der Waals surface area contributed by atoms with Crippen LogP contribution in [0.15, 0.2) is 29.1 Å². The van der Waals surface area contributed by atoms with Crippen LogP contribution in [0.5, 0.6) is 0 Å². The van der Waals surface area contributed by atoms with Crippen LogP contribution in [0.25, 0.3) is 10.9 Å². The smallest absolute Gasteiger partial charge is 0.275 e. The zero-order chi connectivity index (χ0) is 19.6. The molecule has 3 aromatic rings. The fourth-order valence-electron chi connectivity index (χ4n) is 3.07. The van der Waals surface area contributed by atoms with Gasteiger partial charge in [0.1, 0.15) is 5.82 Å². The lowest BCUT2D eigenvalue weighted by atomic mass is 10.2. The third kappa shape index (κ3) is 3.89. The Hall–Kier alpha value is -3.03. The molecule has 1 amide bonds. The summed E-state index contributed by atoms with van der Waals surface area (Å²) in [6, 6.07) is 5.90. The summed E-state index contributed by atoms with van der Waals surface area (Å²) in [7, 11) is 0. The van der Waals surface area contributed by atoms with E-state index >= 15 is 0 Å². The van der Waals surface area contributed by atoms with Gasteiger partial charge in [-0.15, -0.1) is 0 Å². The van der Waals surface area contributed by atoms with Crippen LogP contribution < -0.4 is 10.7 Å². The summed E-state index contributed by atoms with van der Waals surface area (Å²) in [5.41, 5.74) is 1.73. The molecule has 8 heteroatoms. The number of fused-ring (bicyclic) bond motifs is 1. The fraction of sp³-hybridized carbons (Fsp3) is 0.368. The number of rotatable bonds is 6. The molecule has 0 radical (unpaired) electrons. The van der Waals surface area contributed by atoms with Crippen molar-refractivity contribution < 1.29 is 9.18 Å². The molecule has 2 heterocycles. The van der Waals surface area contributed by atoms with Crippen LogP contribution >= 0.6 is 0 Å². The topological polar surface area (TPSA) is 81.8 Å². The van der Waals surface area contributed by atoms with Gasteiger partial charge in [-0.05, 0) is 51.5 Å². The van der Waals surface area contributed by atoms with E-state index in [-0.39, 0.29) is 11.1 Å². The summed E-state index contributed by atoms with van der Waals surface area (Å²) in [5, 5.41) is 11.4. The Morgan fingerprint density at radius 2 is 1.96 bits per heavy atom. The molecule has 0 fully saturated rings. The highest BCUT2D eigenvalue weighted by molar-refractivity contribution is 5.95. The molecule has 0 aliphatic rings. The third-order valence-electron chi connectivity index (χ3n) is 4.37. The van der Waals surface area contributed by atoms with Crippen molar-refractivity contribution in [1.82, 2.24) is 24.9 Å². The van der Waals surface area contributed by atoms with Gasteiger partial charge in [-0.3, -0.25) is 19.0 Å². The number of carbonyl (C=O) groups excluding carboxylic acids is 1. The van der Waals surface area contributed by atoms with E-state index in [1.807, 2.05) is 31.5 Å². The van der Waals surface area contributed by atoms with Gasteiger partial charge in [0, 0.05) is 25.3 Å². The van der Waals surface area contributed by atoms with Crippen molar-refractivity contribution in [2.45, 2.75) is 40.3 Å². The molecule has 3 rings (SSSR count). The predicted molar refractivity (Wildman–Crippen MR) is 100 cm³/mol. The Balaban J connectivity index is 1.74. The monoisotopic (exact) mass is 371 g/mol. The van der Waals surface area contributed by atoms with Gasteiger partial charge in [-0.25, -0.2) is 4.39 Å². The van der Waals surface area contributed by atoms with E-state index in [1.54, 1.807) is 0 Å². The standard InChI is InChI=1S/C19H22FN5O2/c1-4-24-16-7-6-14(20)11-15(16)18(26)17(23-24)19(27)21-8-5-9-25-13(3)10-12(2)22-25/h6-7,10-11H,4-5,8-9H2,1-3H3,(H,21,27). The van der Waals surface area contributed by atoms with Gasteiger partial charge in [-0.2, -0.15) is 10.2 Å². The van der Waals surface area contributed by atoms with Crippen LogP contribution in [0.2, 0.25) is 0 Å². The second-order valence-electron chi connectivity index (χ2n) is 6.41. The van der Waals surface area contributed by atoms with Crippen LogP contribution in [-0.2, 0) is 13.1 Å². The number of benzene rings is 1. The Bertz CT molecular complexity index is 1050. The molecule has 1 N–H and O–H groups in total. The second kappa shape index (κ2) is 7.69. The summed E-state index contributed by atoms with van der Waals surface area (Å²) in [4.78, 5) is 25.0. The third-order valence-corrected chi connectivity index (χ3v) is 4.37. The largest absolute Gasteiger partial charge is 0.350 e. The summed E-state index contributed by atoms with van der Waals surface area (Å²) in [6.07, 6.45) is 0.665. The predicted octanol–water partition coefficient (Wildman–Crippen LogP) is 2.19. The number of carbonyl (C=O) groups is 1. The Morgan fingerprint density at radius 1 is 1.19 bits per heavy atom. The van der Waals surface area contributed by atoms with Crippen molar-refractivity contribution in [1.29, 1.82) is 0 Å². The molecule has 0 aliphatic carbocycles. The molecular formula is C19H22FN5O2. The average Bonchev–Trinajstić information content (AvgIpc) is 2.96. The summed E-state index contributed by atoms with van der Waals surface area (Å²) < 4.78 is 17.0. The minimum atomic E-state index is -0.565. The molecule has 0 saturated heterocycles. The molecule has 142 valence electrons. The fourth-order valence-corrected chi connectivity index (χ4v) is 3.07. The SMILES string of the molecule is CCn1nc(C(=O)NCCCn2nc(C)cc2C)c(=O)c2cc(F)ccc21. The van der Waals surface area contributed by atoms with Crippen LogP contribution in [0.1, 0.15) is 35.2 Å². The molecule has 0 bridgehead atoms. The zero-order valence-electron chi connectivity index (χ0n) is 15.6. The first-order valence-corrected chi connectivity index (χ1v) is 8.90. The number of aromatic nitrogens is 4. The van der Waals surface area contributed by atoms with E-state index in [0.29, 0.717) is 31.6 Å². The van der Waals surface area contributed by atoms with E-state index in [4.69, 9.17) is 0 Å². The van der Waals surface area contributed by atoms with Crippen molar-refractivity contribution in [3.8, 4) is 0 Å². The molecule has 0 unspecified atom stereocenters. The molecule has 1 aromatic carbocycles. The molecule has 27 heavy (non-hydrogen) atoms. The molecule has 0 spiro atoms. The van der Waals surface area contributed by atoms with Crippen LogP contribution in [0, 0.1) is 19.7 Å². The normalized spacial score (nSPS) is 11.1. The van der Waals surface area contributed by atoms with Crippen molar-refractivity contribution >= 4 is 16.8 Å². The highest BCUT2D eigenvalue weighted by atomic mass is 19.1. The number of amides is 1. The number of aryl methyl sites for hydroxylation is 4. The van der Waals surface area contributed by atoms with Crippen LogP contribution in [0.4, 0.5) is 4.39 Å². The van der Waals surface area contributed by atoms with E-state index < -0.39 is 17.2 Å². The minimum absolute atomic E-state index is 0.152. The summed E-state index contributed by atoms with van der Waals surface area (Å²) in [5.74, 6) is -1.08. The van der Waals surface area contributed by atoms with Crippen molar-refractivity contribution in [2.75, 3.05) is 6.54 Å². The molecule has 0 aliphatic heterocycles. The van der Waals surface area contributed by atoms with Gasteiger partial charge in [0.15, 0.2) is 5.69 Å². The van der Waals surface area contributed by atoms with E-state index in [2.05, 4.69) is 15.5 Å². The van der Waals surface area contributed by atoms with Gasteiger partial charge in [0.05, 0.1) is 16.6 Å². The zero-order valence-corrected chi connectivity index (χ0v) is 15.6. The molecular weight excluding hydrogens is 349 g/mol. The molecule has 0 saturated carbocycles.